The molecule has 2 rings (SSSR count). The number of carbonyl (C=O) groups excluding carboxylic acids is 1. The number of benzene rings is 1. The highest BCUT2D eigenvalue weighted by Gasteiger charge is 2.11. The average Bonchev–Trinajstić information content (AvgIpc) is 2.54. The Bertz CT molecular complexity index is 441. The molecule has 1 unspecified atom stereocenters. The third-order valence-electron chi connectivity index (χ3n) is 4.02. The number of nitrogens with one attached hydrogen (secondary N) is 1. The van der Waals surface area contributed by atoms with Gasteiger partial charge >= 0.3 is 0 Å². The van der Waals surface area contributed by atoms with Crippen molar-refractivity contribution in [3.8, 4) is 0 Å². The van der Waals surface area contributed by atoms with Crippen LogP contribution in [0.15, 0.2) is 24.3 Å². The number of nitrogens with zero attached hydrogens (tertiary/aromatic N) is 1. The van der Waals surface area contributed by atoms with E-state index in [-0.39, 0.29) is 11.8 Å². The van der Waals surface area contributed by atoms with Gasteiger partial charge in [-0.05, 0) is 37.1 Å². The molecule has 0 aromatic heterocycles. The van der Waals surface area contributed by atoms with Gasteiger partial charge in [0.25, 0.3) is 0 Å². The van der Waals surface area contributed by atoms with Crippen LogP contribution in [0.2, 0.25) is 0 Å². The Morgan fingerprint density at radius 1 is 1.19 bits per heavy atom. The predicted octanol–water partition coefficient (Wildman–Crippen LogP) is 3.16. The molecular formula is C17H25ClN2O. The normalized spacial score (nSPS) is 17.4. The van der Waals surface area contributed by atoms with Gasteiger partial charge in [0.1, 0.15) is 0 Å². The highest BCUT2D eigenvalue weighted by molar-refractivity contribution is 6.19. The molecule has 1 saturated heterocycles. The van der Waals surface area contributed by atoms with Crippen molar-refractivity contribution in [2.24, 2.45) is 5.92 Å². The minimum Gasteiger partial charge on any atom is -0.352 e. The van der Waals surface area contributed by atoms with Crippen molar-refractivity contribution in [1.29, 1.82) is 0 Å². The smallest absolute Gasteiger partial charge is 0.224 e. The number of likely N-dealkylation sites (tertiary alicyclic amines) is 1. The molecule has 0 aliphatic carbocycles. The summed E-state index contributed by atoms with van der Waals surface area (Å²) in [5.74, 6) is 0.244. The maximum Gasteiger partial charge on any atom is 0.224 e. The largest absolute Gasteiger partial charge is 0.352 e. The molecule has 3 nitrogen and oxygen atoms in total. The lowest BCUT2D eigenvalue weighted by Gasteiger charge is -2.26. The van der Waals surface area contributed by atoms with E-state index in [2.05, 4.69) is 34.5 Å². The van der Waals surface area contributed by atoms with E-state index in [4.69, 9.17) is 11.6 Å². The molecule has 1 N–H and O–H groups in total. The van der Waals surface area contributed by atoms with Gasteiger partial charge < -0.3 is 5.32 Å². The second kappa shape index (κ2) is 8.40. The van der Waals surface area contributed by atoms with Crippen molar-refractivity contribution in [2.45, 2.75) is 39.3 Å². The number of rotatable bonds is 6. The Labute approximate surface area is 132 Å². The first-order valence-electron chi connectivity index (χ1n) is 7.83. The van der Waals surface area contributed by atoms with Gasteiger partial charge in [-0.25, -0.2) is 0 Å². The van der Waals surface area contributed by atoms with Gasteiger partial charge in [-0.1, -0.05) is 37.6 Å². The predicted molar refractivity (Wildman–Crippen MR) is 87.3 cm³/mol. The lowest BCUT2D eigenvalue weighted by Crippen LogP contribution is -2.29. The summed E-state index contributed by atoms with van der Waals surface area (Å²) in [6.07, 6.45) is 4.02. The van der Waals surface area contributed by atoms with E-state index in [1.165, 1.54) is 37.9 Å². The van der Waals surface area contributed by atoms with Crippen LogP contribution in [0.4, 0.5) is 0 Å². The van der Waals surface area contributed by atoms with E-state index in [0.29, 0.717) is 12.4 Å². The summed E-state index contributed by atoms with van der Waals surface area (Å²) in [4.78, 5) is 14.2. The molecule has 1 aliphatic rings. The summed E-state index contributed by atoms with van der Waals surface area (Å²) in [5, 5.41) is 2.92. The van der Waals surface area contributed by atoms with Crippen LogP contribution >= 0.6 is 11.6 Å². The van der Waals surface area contributed by atoms with Gasteiger partial charge in [0.15, 0.2) is 0 Å². The molecule has 116 valence electrons. The molecule has 21 heavy (non-hydrogen) atoms. The standard InChI is InChI=1S/C17H25ClN2O/c1-14(11-18)17(21)19-12-15-5-7-16(8-6-15)13-20-9-3-2-4-10-20/h5-8,14H,2-4,9-13H2,1H3,(H,19,21). The second-order valence-electron chi connectivity index (χ2n) is 5.93. The number of alkyl halides is 1. The van der Waals surface area contributed by atoms with Gasteiger partial charge in [-0.15, -0.1) is 11.6 Å². The maximum atomic E-state index is 11.7. The fraction of sp³-hybridized carbons (Fsp3) is 0.588. The lowest BCUT2D eigenvalue weighted by atomic mass is 10.1. The first-order chi connectivity index (χ1) is 10.2. The summed E-state index contributed by atoms with van der Waals surface area (Å²) < 4.78 is 0. The fourth-order valence-corrected chi connectivity index (χ4v) is 2.71. The van der Waals surface area contributed by atoms with Crippen molar-refractivity contribution in [2.75, 3.05) is 19.0 Å². The van der Waals surface area contributed by atoms with Crippen LogP contribution in [0, 0.1) is 5.92 Å². The van der Waals surface area contributed by atoms with Crippen LogP contribution in [0.3, 0.4) is 0 Å². The van der Waals surface area contributed by atoms with E-state index in [1.807, 2.05) is 6.92 Å². The van der Waals surface area contributed by atoms with Crippen molar-refractivity contribution in [1.82, 2.24) is 10.2 Å². The van der Waals surface area contributed by atoms with Gasteiger partial charge in [-0.2, -0.15) is 0 Å². The monoisotopic (exact) mass is 308 g/mol. The summed E-state index contributed by atoms with van der Waals surface area (Å²) in [7, 11) is 0. The Hall–Kier alpha value is -1.06. The van der Waals surface area contributed by atoms with Gasteiger partial charge in [0.05, 0.1) is 0 Å². The highest BCUT2D eigenvalue weighted by atomic mass is 35.5. The second-order valence-corrected chi connectivity index (χ2v) is 6.24. The molecule has 0 radical (unpaired) electrons. The minimum atomic E-state index is -0.134. The Morgan fingerprint density at radius 2 is 1.81 bits per heavy atom. The zero-order chi connectivity index (χ0) is 15.1. The number of hydrogen-bond acceptors (Lipinski definition) is 2. The molecule has 1 aliphatic heterocycles. The SMILES string of the molecule is CC(CCl)C(=O)NCc1ccc(CN2CCCCC2)cc1. The van der Waals surface area contributed by atoms with E-state index >= 15 is 0 Å². The summed E-state index contributed by atoms with van der Waals surface area (Å²) >= 11 is 5.68. The number of hydrogen-bond donors (Lipinski definition) is 1. The van der Waals surface area contributed by atoms with Gasteiger partial charge in [0.2, 0.25) is 5.91 Å². The third kappa shape index (κ3) is 5.33. The fourth-order valence-electron chi connectivity index (χ4n) is 2.57. The van der Waals surface area contributed by atoms with Crippen molar-refractivity contribution < 1.29 is 4.79 Å². The van der Waals surface area contributed by atoms with E-state index in [9.17, 15) is 4.79 Å². The summed E-state index contributed by atoms with van der Waals surface area (Å²) in [6.45, 7) is 5.88. The maximum absolute atomic E-state index is 11.7. The molecule has 0 spiro atoms. The Balaban J connectivity index is 1.80. The van der Waals surface area contributed by atoms with E-state index in [1.54, 1.807) is 0 Å². The molecular weight excluding hydrogens is 284 g/mol. The van der Waals surface area contributed by atoms with Crippen LogP contribution in [-0.4, -0.2) is 29.8 Å². The summed E-state index contributed by atoms with van der Waals surface area (Å²) in [6, 6.07) is 8.54. The van der Waals surface area contributed by atoms with Crippen LogP contribution in [-0.2, 0) is 17.9 Å². The number of piperidine rings is 1. The summed E-state index contributed by atoms with van der Waals surface area (Å²) in [5.41, 5.74) is 2.48. The zero-order valence-corrected chi connectivity index (χ0v) is 13.5. The molecule has 0 saturated carbocycles. The van der Waals surface area contributed by atoms with Gasteiger partial charge in [0, 0.05) is 24.9 Å². The van der Waals surface area contributed by atoms with Crippen molar-refractivity contribution >= 4 is 17.5 Å². The van der Waals surface area contributed by atoms with Crippen LogP contribution in [0.1, 0.15) is 37.3 Å². The van der Waals surface area contributed by atoms with E-state index in [0.717, 1.165) is 12.1 Å². The van der Waals surface area contributed by atoms with Crippen molar-refractivity contribution in [3.63, 3.8) is 0 Å². The van der Waals surface area contributed by atoms with Crippen LogP contribution in [0.5, 0.6) is 0 Å². The first kappa shape index (κ1) is 16.3. The molecule has 1 aromatic carbocycles. The molecule has 0 bridgehead atoms. The Kier molecular flexibility index (Phi) is 6.52. The molecule has 1 atom stereocenters. The van der Waals surface area contributed by atoms with Crippen LogP contribution < -0.4 is 5.32 Å². The first-order valence-corrected chi connectivity index (χ1v) is 8.36. The van der Waals surface area contributed by atoms with Gasteiger partial charge in [-0.3, -0.25) is 9.69 Å². The number of halogens is 1. The molecule has 4 heteroatoms. The van der Waals surface area contributed by atoms with Crippen molar-refractivity contribution in [3.05, 3.63) is 35.4 Å². The lowest BCUT2D eigenvalue weighted by molar-refractivity contribution is -0.124. The molecule has 1 heterocycles. The zero-order valence-electron chi connectivity index (χ0n) is 12.8. The molecule has 1 fully saturated rings. The quantitative estimate of drug-likeness (QED) is 0.819. The molecule has 1 amide bonds. The third-order valence-corrected chi connectivity index (χ3v) is 4.49. The number of carbonyl (C=O) groups is 1. The molecule has 1 aromatic rings. The van der Waals surface area contributed by atoms with E-state index < -0.39 is 0 Å². The van der Waals surface area contributed by atoms with Crippen LogP contribution in [0.25, 0.3) is 0 Å². The highest BCUT2D eigenvalue weighted by Crippen LogP contribution is 2.13. The Morgan fingerprint density at radius 3 is 2.43 bits per heavy atom. The minimum absolute atomic E-state index is 0.0161. The number of amides is 1. The average molecular weight is 309 g/mol. The topological polar surface area (TPSA) is 32.3 Å².